The summed E-state index contributed by atoms with van der Waals surface area (Å²) in [6.07, 6.45) is 0.543. The number of carbonyl (C=O) groups excluding carboxylic acids is 1. The van der Waals surface area contributed by atoms with Gasteiger partial charge in [0.25, 0.3) is 0 Å². The smallest absolute Gasteiger partial charge is 0.303 e. The van der Waals surface area contributed by atoms with Crippen molar-refractivity contribution >= 4 is 46.4 Å². The number of carboxylic acids is 1. The summed E-state index contributed by atoms with van der Waals surface area (Å²) in [6, 6.07) is 12.1. The molecule has 2 aromatic rings. The molecular weight excluding hydrogens is 361 g/mol. The Balaban J connectivity index is 1.89. The maximum atomic E-state index is 12.4. The molecule has 0 saturated carbocycles. The number of aliphatic carboxylic acids is 1. The molecule has 128 valence electrons. The second kappa shape index (κ2) is 7.38. The second-order valence-electron chi connectivity index (χ2n) is 5.99. The minimum absolute atomic E-state index is 0.0394. The molecule has 1 unspecified atom stereocenters. The van der Waals surface area contributed by atoms with Crippen LogP contribution in [0, 0.1) is 0 Å². The fourth-order valence-electron chi connectivity index (χ4n) is 2.98. The first-order valence-corrected chi connectivity index (χ1v) is 8.54. The van der Waals surface area contributed by atoms with Crippen LogP contribution in [-0.4, -0.2) is 22.6 Å². The Kier molecular flexibility index (Phi) is 5.21. The van der Waals surface area contributed by atoms with Gasteiger partial charge >= 0.3 is 5.97 Å². The number of rotatable bonds is 5. The lowest BCUT2D eigenvalue weighted by atomic mass is 9.87. The number of hydrogen-bond donors (Lipinski definition) is 1. The molecule has 0 amide bonds. The topological polar surface area (TPSA) is 66.7 Å². The van der Waals surface area contributed by atoms with Crippen LogP contribution in [0.25, 0.3) is 0 Å². The molecule has 6 heteroatoms. The highest BCUT2D eigenvalue weighted by Crippen LogP contribution is 2.33. The Morgan fingerprint density at radius 1 is 1.12 bits per heavy atom. The van der Waals surface area contributed by atoms with Crippen LogP contribution in [0.4, 0.5) is 5.69 Å². The van der Waals surface area contributed by atoms with Crippen molar-refractivity contribution in [2.45, 2.75) is 25.2 Å². The normalized spacial score (nSPS) is 14.6. The van der Waals surface area contributed by atoms with Gasteiger partial charge in [-0.05, 0) is 48.2 Å². The molecule has 0 radical (unpaired) electrons. The Morgan fingerprint density at radius 2 is 1.80 bits per heavy atom. The molecule has 1 heterocycles. The molecule has 1 N–H and O–H groups in total. The van der Waals surface area contributed by atoms with Gasteiger partial charge in [0.2, 0.25) is 0 Å². The van der Waals surface area contributed by atoms with E-state index in [1.54, 1.807) is 30.3 Å². The van der Waals surface area contributed by atoms with E-state index in [4.69, 9.17) is 23.2 Å². The van der Waals surface area contributed by atoms with Crippen molar-refractivity contribution in [1.29, 1.82) is 0 Å². The highest BCUT2D eigenvalue weighted by Gasteiger charge is 2.24. The third-order valence-electron chi connectivity index (χ3n) is 4.15. The van der Waals surface area contributed by atoms with Crippen molar-refractivity contribution in [2.75, 3.05) is 0 Å². The van der Waals surface area contributed by atoms with Crippen molar-refractivity contribution in [3.63, 3.8) is 0 Å². The second-order valence-corrected chi connectivity index (χ2v) is 6.86. The van der Waals surface area contributed by atoms with Crippen LogP contribution < -0.4 is 0 Å². The largest absolute Gasteiger partial charge is 0.481 e. The summed E-state index contributed by atoms with van der Waals surface area (Å²) in [5.41, 5.74) is 2.64. The van der Waals surface area contributed by atoms with Crippen molar-refractivity contribution in [3.05, 3.63) is 63.6 Å². The maximum absolute atomic E-state index is 12.4. The molecule has 0 spiro atoms. The van der Waals surface area contributed by atoms with Crippen LogP contribution >= 0.6 is 23.2 Å². The molecule has 1 aliphatic heterocycles. The van der Waals surface area contributed by atoms with E-state index in [1.165, 1.54) is 0 Å². The highest BCUT2D eigenvalue weighted by molar-refractivity contribution is 6.31. The van der Waals surface area contributed by atoms with Crippen LogP contribution in [0.1, 0.15) is 41.1 Å². The number of hydrogen-bond acceptors (Lipinski definition) is 3. The zero-order chi connectivity index (χ0) is 18.0. The summed E-state index contributed by atoms with van der Waals surface area (Å²) in [4.78, 5) is 28.1. The number of carboxylic acid groups (broad SMARTS) is 1. The van der Waals surface area contributed by atoms with Crippen molar-refractivity contribution in [2.24, 2.45) is 4.99 Å². The molecule has 0 aliphatic carbocycles. The molecule has 25 heavy (non-hydrogen) atoms. The molecule has 1 atom stereocenters. The third-order valence-corrected chi connectivity index (χ3v) is 4.63. The quantitative estimate of drug-likeness (QED) is 0.770. The van der Waals surface area contributed by atoms with E-state index in [-0.39, 0.29) is 24.5 Å². The SMILES string of the molecule is O=C(O)CC(CC1=Nc2ccc(Cl)cc2C(=O)C1)c1ccc(Cl)cc1. The number of ketones is 1. The maximum Gasteiger partial charge on any atom is 0.303 e. The van der Waals surface area contributed by atoms with Crippen molar-refractivity contribution < 1.29 is 14.7 Å². The highest BCUT2D eigenvalue weighted by atomic mass is 35.5. The lowest BCUT2D eigenvalue weighted by Gasteiger charge is -2.20. The molecule has 3 rings (SSSR count). The summed E-state index contributed by atoms with van der Waals surface area (Å²) in [7, 11) is 0. The van der Waals surface area contributed by atoms with Gasteiger partial charge in [0.05, 0.1) is 12.1 Å². The number of halogens is 2. The van der Waals surface area contributed by atoms with E-state index in [1.807, 2.05) is 12.1 Å². The van der Waals surface area contributed by atoms with Crippen LogP contribution in [0.5, 0.6) is 0 Å². The predicted octanol–water partition coefficient (Wildman–Crippen LogP) is 5.30. The molecular formula is C19H15Cl2NO3. The first-order valence-electron chi connectivity index (χ1n) is 7.79. The first kappa shape index (κ1) is 17.6. The third kappa shape index (κ3) is 4.27. The van der Waals surface area contributed by atoms with Gasteiger partial charge in [0, 0.05) is 27.7 Å². The van der Waals surface area contributed by atoms with Gasteiger partial charge in [-0.2, -0.15) is 0 Å². The Labute approximate surface area is 155 Å². The molecule has 0 fully saturated rings. The first-order chi connectivity index (χ1) is 11.9. The fourth-order valence-corrected chi connectivity index (χ4v) is 3.27. The Bertz CT molecular complexity index is 859. The van der Waals surface area contributed by atoms with Gasteiger partial charge in [-0.1, -0.05) is 35.3 Å². The fraction of sp³-hybridized carbons (Fsp3) is 0.211. The Hall–Kier alpha value is -2.17. The van der Waals surface area contributed by atoms with Crippen LogP contribution in [0.15, 0.2) is 47.5 Å². The van der Waals surface area contributed by atoms with Gasteiger partial charge < -0.3 is 5.11 Å². The van der Waals surface area contributed by atoms with E-state index < -0.39 is 5.97 Å². The number of nitrogens with zero attached hydrogens (tertiary/aromatic N) is 1. The average molecular weight is 376 g/mol. The zero-order valence-corrected chi connectivity index (χ0v) is 14.7. The van der Waals surface area contributed by atoms with Gasteiger partial charge in [0.15, 0.2) is 5.78 Å². The van der Waals surface area contributed by atoms with Gasteiger partial charge in [-0.3, -0.25) is 14.6 Å². The van der Waals surface area contributed by atoms with Crippen molar-refractivity contribution in [1.82, 2.24) is 0 Å². The molecule has 0 aromatic heterocycles. The minimum atomic E-state index is -0.894. The summed E-state index contributed by atoms with van der Waals surface area (Å²) < 4.78 is 0. The average Bonchev–Trinajstić information content (AvgIpc) is 2.55. The zero-order valence-electron chi connectivity index (χ0n) is 13.2. The summed E-state index contributed by atoms with van der Waals surface area (Å²) >= 11 is 11.8. The summed E-state index contributed by atoms with van der Waals surface area (Å²) in [5.74, 6) is -1.21. The van der Waals surface area contributed by atoms with Gasteiger partial charge in [-0.25, -0.2) is 0 Å². The standard InChI is InChI=1S/C19H15Cl2NO3/c20-13-3-1-11(2-4-13)12(8-19(24)25)7-15-10-18(23)16-9-14(21)5-6-17(16)22-15/h1-6,9,12H,7-8,10H2,(H,24,25). The molecule has 0 saturated heterocycles. The molecule has 0 bridgehead atoms. The van der Waals surface area contributed by atoms with E-state index in [0.717, 1.165) is 5.56 Å². The van der Waals surface area contributed by atoms with E-state index >= 15 is 0 Å². The number of carbonyl (C=O) groups is 2. The number of aliphatic imine (C=N–C) groups is 1. The Morgan fingerprint density at radius 3 is 2.48 bits per heavy atom. The van der Waals surface area contributed by atoms with Crippen LogP contribution in [0.2, 0.25) is 10.0 Å². The summed E-state index contributed by atoms with van der Waals surface area (Å²) in [5, 5.41) is 10.3. The van der Waals surface area contributed by atoms with Crippen LogP contribution in [-0.2, 0) is 4.79 Å². The number of fused-ring (bicyclic) bond motifs is 1. The van der Waals surface area contributed by atoms with E-state index in [0.29, 0.717) is 33.4 Å². The van der Waals surface area contributed by atoms with Gasteiger partial charge in [0.1, 0.15) is 0 Å². The van der Waals surface area contributed by atoms with E-state index in [9.17, 15) is 14.7 Å². The number of benzene rings is 2. The lowest BCUT2D eigenvalue weighted by Crippen LogP contribution is -2.17. The van der Waals surface area contributed by atoms with E-state index in [2.05, 4.69) is 4.99 Å². The monoisotopic (exact) mass is 375 g/mol. The number of Topliss-reactive ketones (excluding diaryl/α,β-unsaturated/α-hetero) is 1. The van der Waals surface area contributed by atoms with Crippen LogP contribution in [0.3, 0.4) is 0 Å². The van der Waals surface area contributed by atoms with Gasteiger partial charge in [-0.15, -0.1) is 0 Å². The molecule has 4 nitrogen and oxygen atoms in total. The molecule has 1 aliphatic rings. The van der Waals surface area contributed by atoms with Crippen molar-refractivity contribution in [3.8, 4) is 0 Å². The summed E-state index contributed by atoms with van der Waals surface area (Å²) in [6.45, 7) is 0. The molecule has 2 aromatic carbocycles. The lowest BCUT2D eigenvalue weighted by molar-refractivity contribution is -0.137. The minimum Gasteiger partial charge on any atom is -0.481 e. The predicted molar refractivity (Wildman–Crippen MR) is 98.6 cm³/mol.